The summed E-state index contributed by atoms with van der Waals surface area (Å²) in [6.45, 7) is 2.12. The Kier molecular flexibility index (Phi) is 7.02. The van der Waals surface area contributed by atoms with Gasteiger partial charge in [-0.3, -0.25) is 14.5 Å². The first-order valence-corrected chi connectivity index (χ1v) is 12.9. The summed E-state index contributed by atoms with van der Waals surface area (Å²) in [5.41, 5.74) is -3.49. The summed E-state index contributed by atoms with van der Waals surface area (Å²) in [6.07, 6.45) is -0.533. The molecule has 3 aliphatic rings. The number of aromatic nitrogens is 1. The molecule has 1 atom stereocenters. The lowest BCUT2D eigenvalue weighted by Crippen LogP contribution is -2.55. The third-order valence-corrected chi connectivity index (χ3v) is 7.91. The average Bonchev–Trinajstić information content (AvgIpc) is 3.13. The molecule has 1 spiro atoms. The number of hydrogen-bond acceptors (Lipinski definition) is 6. The molecule has 1 aromatic heterocycles. The summed E-state index contributed by atoms with van der Waals surface area (Å²) in [4.78, 5) is 32.2. The Morgan fingerprint density at radius 1 is 1.26 bits per heavy atom. The van der Waals surface area contributed by atoms with Gasteiger partial charge in [0.25, 0.3) is 11.8 Å². The van der Waals surface area contributed by atoms with Crippen molar-refractivity contribution >= 4 is 40.5 Å². The summed E-state index contributed by atoms with van der Waals surface area (Å²) in [6, 6.07) is 5.97. The Hall–Kier alpha value is -3.63. The Morgan fingerprint density at radius 3 is 2.62 bits per heavy atom. The second-order valence-electron chi connectivity index (χ2n) is 9.93. The zero-order chi connectivity index (χ0) is 27.9. The van der Waals surface area contributed by atoms with E-state index in [4.69, 9.17) is 17.5 Å². The second-order valence-corrected chi connectivity index (χ2v) is 10.3. The van der Waals surface area contributed by atoms with E-state index < -0.39 is 40.6 Å². The lowest BCUT2D eigenvalue weighted by molar-refractivity contribution is -0.138. The van der Waals surface area contributed by atoms with Crippen LogP contribution in [0.25, 0.3) is 0 Å². The number of rotatable bonds is 5. The molecule has 204 valence electrons. The van der Waals surface area contributed by atoms with Crippen molar-refractivity contribution < 1.29 is 27.2 Å². The molecule has 3 fully saturated rings. The van der Waals surface area contributed by atoms with Crippen molar-refractivity contribution in [2.45, 2.75) is 43.8 Å². The van der Waals surface area contributed by atoms with Gasteiger partial charge >= 0.3 is 6.18 Å². The Labute approximate surface area is 227 Å². The van der Waals surface area contributed by atoms with Gasteiger partial charge in [-0.2, -0.15) is 18.4 Å². The van der Waals surface area contributed by atoms with Crippen molar-refractivity contribution in [2.75, 3.05) is 29.4 Å². The van der Waals surface area contributed by atoms with Crippen LogP contribution < -0.4 is 20.4 Å². The minimum Gasteiger partial charge on any atom is -0.352 e. The van der Waals surface area contributed by atoms with Crippen molar-refractivity contribution in [1.29, 1.82) is 5.26 Å². The van der Waals surface area contributed by atoms with E-state index in [1.54, 1.807) is 0 Å². The molecule has 8 nitrogen and oxygen atoms in total. The van der Waals surface area contributed by atoms with Crippen LogP contribution >= 0.6 is 12.2 Å². The molecule has 5 rings (SSSR count). The molecular weight excluding hydrogens is 536 g/mol. The van der Waals surface area contributed by atoms with Crippen molar-refractivity contribution in [3.63, 3.8) is 0 Å². The van der Waals surface area contributed by atoms with Crippen molar-refractivity contribution in [1.82, 2.24) is 15.6 Å². The van der Waals surface area contributed by atoms with Crippen LogP contribution in [0, 0.1) is 23.1 Å². The topological polar surface area (TPSA) is 101 Å². The molecule has 2 saturated heterocycles. The van der Waals surface area contributed by atoms with Crippen LogP contribution in [0.1, 0.15) is 53.7 Å². The van der Waals surface area contributed by atoms with Crippen LogP contribution in [0.5, 0.6) is 0 Å². The van der Waals surface area contributed by atoms with E-state index >= 15 is 4.39 Å². The molecule has 13 heteroatoms. The van der Waals surface area contributed by atoms with Gasteiger partial charge in [-0.1, -0.05) is 0 Å². The Balaban J connectivity index is 1.43. The van der Waals surface area contributed by atoms with Gasteiger partial charge in [-0.25, -0.2) is 9.37 Å². The van der Waals surface area contributed by atoms with Crippen molar-refractivity contribution in [3.8, 4) is 6.07 Å². The molecule has 0 radical (unpaired) electrons. The number of nitrogens with zero attached hydrogens (tertiary/aromatic N) is 4. The molecule has 0 unspecified atom stereocenters. The fraction of sp³-hybridized carbons (Fsp3) is 0.423. The van der Waals surface area contributed by atoms with Gasteiger partial charge in [0.2, 0.25) is 0 Å². The molecule has 2 N–H and O–H groups in total. The minimum atomic E-state index is -4.88. The predicted molar refractivity (Wildman–Crippen MR) is 137 cm³/mol. The molecular formula is C26H24F4N6O2S. The third-order valence-electron chi connectivity index (χ3n) is 7.54. The predicted octanol–water partition coefficient (Wildman–Crippen LogP) is 3.90. The zero-order valence-corrected chi connectivity index (χ0v) is 21.5. The number of hydrogen-bond donors (Lipinski definition) is 2. The number of carbonyl (C=O) groups is 2. The van der Waals surface area contributed by atoms with Crippen LogP contribution in [0.4, 0.5) is 28.9 Å². The fourth-order valence-corrected chi connectivity index (χ4v) is 5.82. The average molecular weight is 561 g/mol. The van der Waals surface area contributed by atoms with Gasteiger partial charge in [0.05, 0.1) is 23.0 Å². The lowest BCUT2D eigenvalue weighted by atomic mass is 9.75. The van der Waals surface area contributed by atoms with Gasteiger partial charge in [-0.05, 0) is 87.6 Å². The van der Waals surface area contributed by atoms with Gasteiger partial charge in [-0.15, -0.1) is 0 Å². The van der Waals surface area contributed by atoms with E-state index in [0.29, 0.717) is 31.9 Å². The number of halogens is 4. The van der Waals surface area contributed by atoms with E-state index in [1.165, 1.54) is 23.1 Å². The van der Waals surface area contributed by atoms with Gasteiger partial charge in [0.1, 0.15) is 17.4 Å². The molecule has 2 aliphatic heterocycles. The lowest BCUT2D eigenvalue weighted by Gasteiger charge is -2.43. The number of carbonyl (C=O) groups excluding carboxylic acids is 2. The number of alkyl halides is 3. The standard InChI is InChI=1S/C26H24F4N6O2S/c27-20-10-16(4-5-18(20)22(37)34-13-15-3-1-8-32-12-15)36-24(39)35(23(38)25(36)6-2-7-25)17-9-19(26(28,29)30)21(11-31)33-14-17/h4-5,9-10,14-15,32H,1-3,6-8,12-13H2,(H,34,37)/t15-/m1/s1. The van der Waals surface area contributed by atoms with E-state index in [-0.39, 0.29) is 28.0 Å². The monoisotopic (exact) mass is 560 g/mol. The van der Waals surface area contributed by atoms with Gasteiger partial charge in [0, 0.05) is 12.2 Å². The molecule has 1 aromatic carbocycles. The normalized spacial score (nSPS) is 20.6. The molecule has 1 aliphatic carbocycles. The summed E-state index contributed by atoms with van der Waals surface area (Å²) in [5, 5.41) is 14.9. The number of pyridine rings is 1. The first-order valence-electron chi connectivity index (χ1n) is 12.5. The summed E-state index contributed by atoms with van der Waals surface area (Å²) < 4.78 is 55.9. The molecule has 2 aromatic rings. The highest BCUT2D eigenvalue weighted by Crippen LogP contribution is 2.48. The first kappa shape index (κ1) is 27.0. The van der Waals surface area contributed by atoms with Crippen molar-refractivity contribution in [2.24, 2.45) is 5.92 Å². The summed E-state index contributed by atoms with van der Waals surface area (Å²) >= 11 is 5.54. The molecule has 39 heavy (non-hydrogen) atoms. The van der Waals surface area contributed by atoms with Crippen LogP contribution in [0.2, 0.25) is 0 Å². The van der Waals surface area contributed by atoms with E-state index in [1.807, 2.05) is 0 Å². The molecule has 0 bridgehead atoms. The summed E-state index contributed by atoms with van der Waals surface area (Å²) in [5.74, 6) is -1.67. The number of benzene rings is 1. The molecule has 3 heterocycles. The number of piperidine rings is 1. The number of nitrogens with one attached hydrogen (secondary N) is 2. The second kappa shape index (κ2) is 10.2. The highest BCUT2D eigenvalue weighted by molar-refractivity contribution is 7.81. The maximum Gasteiger partial charge on any atom is 0.419 e. The highest BCUT2D eigenvalue weighted by atomic mass is 32.1. The number of nitriles is 1. The smallest absolute Gasteiger partial charge is 0.352 e. The molecule has 1 saturated carbocycles. The van der Waals surface area contributed by atoms with Crippen LogP contribution in [-0.4, -0.2) is 47.1 Å². The fourth-order valence-electron chi connectivity index (χ4n) is 5.35. The maximum absolute atomic E-state index is 15.2. The summed E-state index contributed by atoms with van der Waals surface area (Å²) in [7, 11) is 0. The van der Waals surface area contributed by atoms with Crippen molar-refractivity contribution in [3.05, 3.63) is 53.1 Å². The van der Waals surface area contributed by atoms with Gasteiger partial charge in [0.15, 0.2) is 10.8 Å². The zero-order valence-electron chi connectivity index (χ0n) is 20.6. The number of amides is 2. The largest absolute Gasteiger partial charge is 0.419 e. The SMILES string of the molecule is N#Cc1ncc(N2C(=O)C3(CCC3)N(c3ccc(C(=O)NC[C@@H]4CCCNC4)c(F)c3)C2=S)cc1C(F)(F)F. The number of thiocarbonyl (C=S) groups is 1. The number of anilines is 2. The van der Waals surface area contributed by atoms with Gasteiger partial charge < -0.3 is 15.5 Å². The van der Waals surface area contributed by atoms with Crippen LogP contribution in [0.3, 0.4) is 0 Å². The Morgan fingerprint density at radius 2 is 2.03 bits per heavy atom. The first-order chi connectivity index (χ1) is 18.6. The van der Waals surface area contributed by atoms with Crippen LogP contribution in [0.15, 0.2) is 30.5 Å². The van der Waals surface area contributed by atoms with E-state index in [9.17, 15) is 22.8 Å². The third kappa shape index (κ3) is 4.72. The Bertz CT molecular complexity index is 1380. The minimum absolute atomic E-state index is 0.138. The highest BCUT2D eigenvalue weighted by Gasteiger charge is 2.60. The van der Waals surface area contributed by atoms with Crippen LogP contribution in [-0.2, 0) is 11.0 Å². The quantitative estimate of drug-likeness (QED) is 0.423. The van der Waals surface area contributed by atoms with E-state index in [0.717, 1.165) is 43.1 Å². The van der Waals surface area contributed by atoms with E-state index in [2.05, 4.69) is 15.6 Å². The molecule has 2 amide bonds. The maximum atomic E-state index is 15.2.